The lowest BCUT2D eigenvalue weighted by Gasteiger charge is -2.28. The fourth-order valence-corrected chi connectivity index (χ4v) is 4.48. The van der Waals surface area contributed by atoms with E-state index in [0.717, 1.165) is 29.1 Å². The molecule has 178 valence electrons. The summed E-state index contributed by atoms with van der Waals surface area (Å²) in [5.74, 6) is 1.89. The van der Waals surface area contributed by atoms with Gasteiger partial charge in [-0.15, -0.1) is 5.10 Å². The molecule has 1 atom stereocenters. The molecular formula is C26H30N4O3S. The van der Waals surface area contributed by atoms with Gasteiger partial charge in [-0.1, -0.05) is 60.6 Å². The minimum absolute atomic E-state index is 0.295. The number of aryl methyl sites for hydroxylation is 1. The standard InChI is InChI=1S/C26H30N4O3S/c1-5-14-34-26-28-25-27-18(4)22(24(31)32-6-2)23(30(25)29-26)20-8-7-9-21(15-20)33-16-19-12-10-17(3)11-13-19/h7-13,15,23H,5-6,14,16H2,1-4H3,(H,27,28,29). The summed E-state index contributed by atoms with van der Waals surface area (Å²) in [7, 11) is 0. The van der Waals surface area contributed by atoms with Crippen molar-refractivity contribution in [1.82, 2.24) is 14.8 Å². The van der Waals surface area contributed by atoms with E-state index in [1.165, 1.54) is 5.56 Å². The molecule has 0 spiro atoms. The summed E-state index contributed by atoms with van der Waals surface area (Å²) in [6.45, 7) is 8.61. The second kappa shape index (κ2) is 10.8. The molecule has 0 amide bonds. The molecule has 1 N–H and O–H groups in total. The number of carbonyl (C=O) groups excluding carboxylic acids is 1. The minimum atomic E-state index is -0.471. The van der Waals surface area contributed by atoms with Gasteiger partial charge in [-0.3, -0.25) is 0 Å². The van der Waals surface area contributed by atoms with Gasteiger partial charge in [0.15, 0.2) is 0 Å². The van der Waals surface area contributed by atoms with Gasteiger partial charge in [0.05, 0.1) is 12.2 Å². The maximum absolute atomic E-state index is 13.0. The summed E-state index contributed by atoms with van der Waals surface area (Å²) in [5, 5.41) is 8.64. The second-order valence-corrected chi connectivity index (χ2v) is 9.21. The Morgan fingerprint density at radius 1 is 1.15 bits per heavy atom. The van der Waals surface area contributed by atoms with Gasteiger partial charge >= 0.3 is 5.97 Å². The van der Waals surface area contributed by atoms with E-state index in [9.17, 15) is 4.79 Å². The number of hydrogen-bond donors (Lipinski definition) is 1. The maximum atomic E-state index is 13.0. The number of nitrogens with one attached hydrogen (secondary N) is 1. The van der Waals surface area contributed by atoms with E-state index in [1.54, 1.807) is 23.4 Å². The topological polar surface area (TPSA) is 78.3 Å². The van der Waals surface area contributed by atoms with Crippen LogP contribution in [0.5, 0.6) is 5.75 Å². The Labute approximate surface area is 204 Å². The molecule has 0 saturated carbocycles. The number of anilines is 1. The number of carbonyl (C=O) groups is 1. The third-order valence-corrected chi connectivity index (χ3v) is 6.51. The molecule has 0 aliphatic carbocycles. The molecule has 0 fully saturated rings. The van der Waals surface area contributed by atoms with E-state index >= 15 is 0 Å². The van der Waals surface area contributed by atoms with Crippen LogP contribution in [0.2, 0.25) is 0 Å². The van der Waals surface area contributed by atoms with Crippen LogP contribution in [0.1, 0.15) is 49.9 Å². The van der Waals surface area contributed by atoms with Gasteiger partial charge in [-0.05, 0) is 50.5 Å². The van der Waals surface area contributed by atoms with Crippen LogP contribution in [0.3, 0.4) is 0 Å². The third kappa shape index (κ3) is 5.28. The number of thioether (sulfide) groups is 1. The summed E-state index contributed by atoms with van der Waals surface area (Å²) in [4.78, 5) is 17.6. The van der Waals surface area contributed by atoms with Crippen LogP contribution < -0.4 is 10.1 Å². The molecule has 2 aromatic carbocycles. The number of nitrogens with zero attached hydrogens (tertiary/aromatic N) is 3. The largest absolute Gasteiger partial charge is 0.489 e. The van der Waals surface area contributed by atoms with Crippen molar-refractivity contribution in [3.63, 3.8) is 0 Å². The number of fused-ring (bicyclic) bond motifs is 1. The van der Waals surface area contributed by atoms with E-state index < -0.39 is 6.04 Å². The molecule has 1 aromatic heterocycles. The predicted octanol–water partition coefficient (Wildman–Crippen LogP) is 5.52. The van der Waals surface area contributed by atoms with E-state index in [4.69, 9.17) is 14.6 Å². The molecule has 1 aliphatic heterocycles. The van der Waals surface area contributed by atoms with E-state index in [0.29, 0.717) is 35.6 Å². The molecule has 0 saturated heterocycles. The number of allylic oxidation sites excluding steroid dienone is 1. The number of ether oxygens (including phenoxy) is 2. The fraction of sp³-hybridized carbons (Fsp3) is 0.346. The van der Waals surface area contributed by atoms with Gasteiger partial charge in [0.1, 0.15) is 18.4 Å². The highest BCUT2D eigenvalue weighted by Gasteiger charge is 2.35. The summed E-state index contributed by atoms with van der Waals surface area (Å²) in [5.41, 5.74) is 4.41. The van der Waals surface area contributed by atoms with E-state index in [-0.39, 0.29) is 5.97 Å². The lowest BCUT2D eigenvalue weighted by atomic mass is 9.95. The highest BCUT2D eigenvalue weighted by atomic mass is 32.2. The molecule has 1 unspecified atom stereocenters. The Bertz CT molecular complexity index is 1190. The van der Waals surface area contributed by atoms with Crippen LogP contribution in [-0.4, -0.2) is 33.1 Å². The van der Waals surface area contributed by atoms with E-state index in [1.807, 2.05) is 31.2 Å². The summed E-state index contributed by atoms with van der Waals surface area (Å²) >= 11 is 1.60. The number of rotatable bonds is 9. The lowest BCUT2D eigenvalue weighted by molar-refractivity contribution is -0.139. The molecule has 8 heteroatoms. The highest BCUT2D eigenvalue weighted by molar-refractivity contribution is 7.99. The van der Waals surface area contributed by atoms with Crippen LogP contribution in [0.25, 0.3) is 0 Å². The quantitative estimate of drug-likeness (QED) is 0.320. The van der Waals surface area contributed by atoms with Crippen LogP contribution in [-0.2, 0) is 16.1 Å². The van der Waals surface area contributed by atoms with Crippen LogP contribution in [0.15, 0.2) is 65.0 Å². The smallest absolute Gasteiger partial charge is 0.338 e. The molecule has 34 heavy (non-hydrogen) atoms. The Morgan fingerprint density at radius 3 is 2.68 bits per heavy atom. The van der Waals surface area contributed by atoms with Crippen LogP contribution >= 0.6 is 11.8 Å². The zero-order valence-corrected chi connectivity index (χ0v) is 20.8. The Morgan fingerprint density at radius 2 is 1.94 bits per heavy atom. The van der Waals surface area contributed by atoms with Gasteiger partial charge < -0.3 is 14.8 Å². The van der Waals surface area contributed by atoms with Crippen molar-refractivity contribution in [2.24, 2.45) is 0 Å². The van der Waals surface area contributed by atoms with Gasteiger partial charge in [0, 0.05) is 11.4 Å². The molecule has 7 nitrogen and oxygen atoms in total. The van der Waals surface area contributed by atoms with Crippen LogP contribution in [0.4, 0.5) is 5.95 Å². The van der Waals surface area contributed by atoms with Gasteiger partial charge in [0.2, 0.25) is 11.1 Å². The Balaban J connectivity index is 1.67. The molecule has 4 rings (SSSR count). The summed E-state index contributed by atoms with van der Waals surface area (Å²) in [6.07, 6.45) is 1.02. The van der Waals surface area contributed by atoms with Crippen molar-refractivity contribution in [2.45, 2.75) is 51.9 Å². The van der Waals surface area contributed by atoms with Crippen molar-refractivity contribution in [1.29, 1.82) is 0 Å². The fourth-order valence-electron chi connectivity index (χ4n) is 3.79. The molecule has 0 radical (unpaired) electrons. The normalized spacial score (nSPS) is 15.0. The maximum Gasteiger partial charge on any atom is 0.338 e. The number of esters is 1. The van der Waals surface area contributed by atoms with Crippen molar-refractivity contribution >= 4 is 23.7 Å². The minimum Gasteiger partial charge on any atom is -0.489 e. The second-order valence-electron chi connectivity index (χ2n) is 8.14. The first kappa shape index (κ1) is 23.9. The summed E-state index contributed by atoms with van der Waals surface area (Å²) in [6, 6.07) is 15.6. The summed E-state index contributed by atoms with van der Waals surface area (Å²) < 4.78 is 13.3. The zero-order chi connectivity index (χ0) is 24.1. The van der Waals surface area contributed by atoms with Gasteiger partial charge in [0.25, 0.3) is 0 Å². The number of hydrogen-bond acceptors (Lipinski definition) is 7. The molecule has 3 aromatic rings. The average molecular weight is 479 g/mol. The molecule has 1 aliphatic rings. The molecular weight excluding hydrogens is 448 g/mol. The Kier molecular flexibility index (Phi) is 7.57. The van der Waals surface area contributed by atoms with Gasteiger partial charge in [-0.25, -0.2) is 9.48 Å². The lowest BCUT2D eigenvalue weighted by Crippen LogP contribution is -2.29. The van der Waals surface area contributed by atoms with Crippen molar-refractivity contribution in [3.05, 3.63) is 76.5 Å². The zero-order valence-electron chi connectivity index (χ0n) is 20.0. The van der Waals surface area contributed by atoms with Crippen LogP contribution in [0, 0.1) is 6.92 Å². The Hall–Kier alpha value is -3.26. The third-order valence-electron chi connectivity index (χ3n) is 5.46. The highest BCUT2D eigenvalue weighted by Crippen LogP contribution is 2.37. The first-order valence-electron chi connectivity index (χ1n) is 11.5. The first-order chi connectivity index (χ1) is 16.5. The average Bonchev–Trinajstić information content (AvgIpc) is 3.24. The SMILES string of the molecule is CCCSc1nc2n(n1)C(c1cccc(OCc3ccc(C)cc3)c1)C(C(=O)OCC)=C(C)N2. The van der Waals surface area contributed by atoms with Gasteiger partial charge in [-0.2, -0.15) is 4.98 Å². The molecule has 0 bridgehead atoms. The number of benzene rings is 2. The first-order valence-corrected chi connectivity index (χ1v) is 12.5. The van der Waals surface area contributed by atoms with Crippen molar-refractivity contribution in [2.75, 3.05) is 17.7 Å². The monoisotopic (exact) mass is 478 g/mol. The van der Waals surface area contributed by atoms with E-state index in [2.05, 4.69) is 48.4 Å². The predicted molar refractivity (Wildman–Crippen MR) is 134 cm³/mol. The molecule has 2 heterocycles. The number of aromatic nitrogens is 3. The van der Waals surface area contributed by atoms with Crippen molar-refractivity contribution in [3.8, 4) is 5.75 Å². The van der Waals surface area contributed by atoms with Crippen molar-refractivity contribution < 1.29 is 14.3 Å².